The molecule has 1 saturated carbocycles. The van der Waals surface area contributed by atoms with Crippen LogP contribution in [0.5, 0.6) is 0 Å². The minimum atomic E-state index is -0.286. The van der Waals surface area contributed by atoms with Gasteiger partial charge >= 0.3 is 0 Å². The molecule has 1 unspecified atom stereocenters. The minimum absolute atomic E-state index is 0.280. The number of rotatable bonds is 5. The number of halogens is 2. The number of hydrogen-bond donors (Lipinski definition) is 1. The maximum atomic E-state index is 12.9. The van der Waals surface area contributed by atoms with E-state index in [9.17, 15) is 8.78 Å². The fraction of sp³-hybridized carbons (Fsp3) is 0.385. The highest BCUT2D eigenvalue weighted by Crippen LogP contribution is 2.26. The van der Waals surface area contributed by atoms with Gasteiger partial charge in [-0.25, -0.2) is 8.78 Å². The summed E-state index contributed by atoms with van der Waals surface area (Å²) in [4.78, 5) is 0. The molecule has 1 aliphatic rings. The summed E-state index contributed by atoms with van der Waals surface area (Å²) in [6.45, 7) is 3.25. The molecule has 1 rings (SSSR count). The second kappa shape index (κ2) is 6.70. The molecule has 0 aliphatic heterocycles. The summed E-state index contributed by atoms with van der Waals surface area (Å²) in [5.74, 6) is -0.565. The van der Waals surface area contributed by atoms with Crippen LogP contribution >= 0.6 is 9.24 Å². The van der Waals surface area contributed by atoms with Gasteiger partial charge in [-0.05, 0) is 50.6 Å². The Hall–Kier alpha value is -0.950. The fourth-order valence-electron chi connectivity index (χ4n) is 1.23. The van der Waals surface area contributed by atoms with Crippen LogP contribution in [-0.2, 0) is 0 Å². The van der Waals surface area contributed by atoms with Crippen LogP contribution in [0.15, 0.2) is 46.5 Å². The van der Waals surface area contributed by atoms with Crippen LogP contribution in [0, 0.1) is 0 Å². The van der Waals surface area contributed by atoms with E-state index < -0.39 is 0 Å². The van der Waals surface area contributed by atoms with Crippen LogP contribution in [0.25, 0.3) is 0 Å². The first-order valence-electron chi connectivity index (χ1n) is 5.56. The molecule has 0 saturated heterocycles. The lowest BCUT2D eigenvalue weighted by molar-refractivity contribution is 0.636. The predicted molar refractivity (Wildman–Crippen MR) is 71.8 cm³/mol. The summed E-state index contributed by atoms with van der Waals surface area (Å²) >= 11 is 0. The molecule has 17 heavy (non-hydrogen) atoms. The van der Waals surface area contributed by atoms with Gasteiger partial charge in [-0.15, -0.1) is 9.24 Å². The highest BCUT2D eigenvalue weighted by Gasteiger charge is 2.09. The molecule has 1 N–H and O–H groups in total. The van der Waals surface area contributed by atoms with Crippen molar-refractivity contribution in [3.05, 3.63) is 46.5 Å². The Morgan fingerprint density at radius 3 is 2.41 bits per heavy atom. The van der Waals surface area contributed by atoms with Gasteiger partial charge < -0.3 is 5.32 Å². The molecule has 1 fully saturated rings. The lowest BCUT2D eigenvalue weighted by Crippen LogP contribution is -2.08. The van der Waals surface area contributed by atoms with Crippen LogP contribution in [-0.4, -0.2) is 6.54 Å². The molecular weight excluding hydrogens is 239 g/mol. The van der Waals surface area contributed by atoms with Gasteiger partial charge in [0.25, 0.3) is 0 Å². The van der Waals surface area contributed by atoms with Crippen molar-refractivity contribution in [1.29, 1.82) is 0 Å². The Balaban J connectivity index is 2.69. The summed E-state index contributed by atoms with van der Waals surface area (Å²) in [7, 11) is 2.31. The van der Waals surface area contributed by atoms with E-state index in [-0.39, 0.29) is 11.7 Å². The first-order valence-corrected chi connectivity index (χ1v) is 6.14. The van der Waals surface area contributed by atoms with E-state index in [1.54, 1.807) is 6.08 Å². The second-order valence-corrected chi connectivity index (χ2v) is 4.74. The lowest BCUT2D eigenvalue weighted by atomic mass is 10.2. The average Bonchev–Trinajstić information content (AvgIpc) is 3.00. The Morgan fingerprint density at radius 1 is 1.29 bits per heavy atom. The van der Waals surface area contributed by atoms with Gasteiger partial charge in [0.15, 0.2) is 0 Å². The van der Waals surface area contributed by atoms with Crippen LogP contribution in [0.4, 0.5) is 8.78 Å². The molecule has 1 nitrogen and oxygen atoms in total. The molecular formula is C13H18F2NP. The number of hydrogen-bond acceptors (Lipinski definition) is 1. The predicted octanol–water partition coefficient (Wildman–Crippen LogP) is 4.13. The van der Waals surface area contributed by atoms with Crippen molar-refractivity contribution in [2.45, 2.75) is 26.7 Å². The van der Waals surface area contributed by atoms with E-state index in [0.29, 0.717) is 17.4 Å². The zero-order valence-corrected chi connectivity index (χ0v) is 11.3. The van der Waals surface area contributed by atoms with E-state index in [4.69, 9.17) is 0 Å². The molecule has 0 amide bonds. The number of nitrogens with one attached hydrogen (secondary N) is 1. The second-order valence-electron chi connectivity index (χ2n) is 4.12. The van der Waals surface area contributed by atoms with Gasteiger partial charge in [0.2, 0.25) is 0 Å². The quantitative estimate of drug-likeness (QED) is 0.577. The minimum Gasteiger partial charge on any atom is -0.387 e. The third-order valence-corrected chi connectivity index (χ3v) is 2.84. The third-order valence-electron chi connectivity index (χ3n) is 2.27. The first kappa shape index (κ1) is 14.1. The Labute approximate surface area is 104 Å². The monoisotopic (exact) mass is 257 g/mol. The third kappa shape index (κ3) is 6.38. The summed E-state index contributed by atoms with van der Waals surface area (Å²) < 4.78 is 25.8. The molecule has 0 aromatic heterocycles. The Morgan fingerprint density at radius 2 is 1.94 bits per heavy atom. The molecule has 0 aromatic rings. The Kier molecular flexibility index (Phi) is 5.57. The van der Waals surface area contributed by atoms with E-state index in [1.807, 2.05) is 6.20 Å². The molecule has 0 bridgehead atoms. The maximum absolute atomic E-state index is 12.9. The molecule has 4 heteroatoms. The standard InChI is InChI=1S/C13H18F2NP/c1-9(14)5-12(6-13(17)10(2)15)8-16-7-11-3-4-11/h5-7,16H,3-4,8,17H2,1-2H3/b9-5+,12-6+,13-10-. The van der Waals surface area contributed by atoms with Crippen molar-refractivity contribution in [3.8, 4) is 0 Å². The summed E-state index contributed by atoms with van der Waals surface area (Å²) in [5, 5.41) is 3.54. The Bertz CT molecular complexity index is 392. The molecule has 94 valence electrons. The first-order chi connectivity index (χ1) is 7.99. The van der Waals surface area contributed by atoms with Gasteiger partial charge in [0.1, 0.15) is 5.83 Å². The molecule has 1 aliphatic carbocycles. The van der Waals surface area contributed by atoms with Gasteiger partial charge in [-0.3, -0.25) is 0 Å². The molecule has 0 radical (unpaired) electrons. The van der Waals surface area contributed by atoms with Gasteiger partial charge in [0.05, 0.1) is 5.83 Å². The van der Waals surface area contributed by atoms with Crippen LogP contribution < -0.4 is 5.32 Å². The molecule has 0 spiro atoms. The molecule has 0 heterocycles. The fourth-order valence-corrected chi connectivity index (χ4v) is 1.44. The molecule has 0 aromatic carbocycles. The van der Waals surface area contributed by atoms with Crippen molar-refractivity contribution in [2.24, 2.45) is 0 Å². The van der Waals surface area contributed by atoms with Crippen molar-refractivity contribution >= 4 is 9.24 Å². The van der Waals surface area contributed by atoms with Crippen molar-refractivity contribution in [1.82, 2.24) is 5.32 Å². The van der Waals surface area contributed by atoms with Crippen LogP contribution in [0.1, 0.15) is 26.7 Å². The van der Waals surface area contributed by atoms with E-state index in [2.05, 4.69) is 14.6 Å². The van der Waals surface area contributed by atoms with Crippen molar-refractivity contribution < 1.29 is 8.78 Å². The van der Waals surface area contributed by atoms with Crippen molar-refractivity contribution in [3.63, 3.8) is 0 Å². The zero-order chi connectivity index (χ0) is 12.8. The van der Waals surface area contributed by atoms with E-state index in [1.165, 1.54) is 25.5 Å². The smallest absolute Gasteiger partial charge is 0.104 e. The van der Waals surface area contributed by atoms with E-state index >= 15 is 0 Å². The average molecular weight is 257 g/mol. The molecule has 1 atom stereocenters. The highest BCUT2D eigenvalue weighted by molar-refractivity contribution is 7.23. The topological polar surface area (TPSA) is 12.0 Å². The maximum Gasteiger partial charge on any atom is 0.104 e. The zero-order valence-electron chi connectivity index (χ0n) is 10.2. The van der Waals surface area contributed by atoms with Gasteiger partial charge in [0, 0.05) is 11.9 Å². The number of allylic oxidation sites excluding steroid dienone is 5. The summed E-state index contributed by atoms with van der Waals surface area (Å²) in [5.41, 5.74) is 2.08. The largest absolute Gasteiger partial charge is 0.387 e. The van der Waals surface area contributed by atoms with E-state index in [0.717, 1.165) is 12.8 Å². The van der Waals surface area contributed by atoms with Crippen molar-refractivity contribution in [2.75, 3.05) is 6.54 Å². The summed E-state index contributed by atoms with van der Waals surface area (Å²) in [6.07, 6.45) is 7.27. The summed E-state index contributed by atoms with van der Waals surface area (Å²) in [6, 6.07) is 0. The normalized spacial score (nSPS) is 17.8. The highest BCUT2D eigenvalue weighted by atomic mass is 31.0. The lowest BCUT2D eigenvalue weighted by Gasteiger charge is -2.04. The van der Waals surface area contributed by atoms with Crippen LogP contribution in [0.2, 0.25) is 0 Å². The van der Waals surface area contributed by atoms with Gasteiger partial charge in [-0.1, -0.05) is 5.57 Å². The van der Waals surface area contributed by atoms with Crippen LogP contribution in [0.3, 0.4) is 0 Å². The SMILES string of the molecule is C\C(F)=C(P)/C=C(\C=C(/C)F)CNC=C1CC1. The van der Waals surface area contributed by atoms with Gasteiger partial charge in [-0.2, -0.15) is 0 Å².